The summed E-state index contributed by atoms with van der Waals surface area (Å²) in [5.41, 5.74) is 0.634. The van der Waals surface area contributed by atoms with E-state index in [2.05, 4.69) is 19.2 Å². The van der Waals surface area contributed by atoms with Crippen LogP contribution in [-0.4, -0.2) is 34.7 Å². The fourth-order valence-electron chi connectivity index (χ4n) is 5.12. The number of benzene rings is 1. The average molecular weight is 437 g/mol. The molecule has 0 aliphatic heterocycles. The van der Waals surface area contributed by atoms with Crippen LogP contribution in [0.2, 0.25) is 0 Å². The minimum absolute atomic E-state index is 0.0199. The van der Waals surface area contributed by atoms with Crippen molar-refractivity contribution in [3.63, 3.8) is 0 Å². The summed E-state index contributed by atoms with van der Waals surface area (Å²) in [6, 6.07) is 5.21. The first-order valence-corrected chi connectivity index (χ1v) is 11.9. The summed E-state index contributed by atoms with van der Waals surface area (Å²) in [5.74, 6) is -0.0240. The van der Waals surface area contributed by atoms with E-state index in [0.29, 0.717) is 17.4 Å². The van der Waals surface area contributed by atoms with Gasteiger partial charge in [-0.05, 0) is 48.8 Å². The lowest BCUT2D eigenvalue weighted by atomic mass is 9.78. The number of amides is 2. The normalized spacial score (nSPS) is 26.1. The number of halogens is 2. The standard InChI is InChI=1S/C24H34ClFN2O2/c1-16-7-6-10-21(17(16)2)27-24(30)23(18-11-13-19(26)14-12-18)28(22(29)15-25)20-8-4-3-5-9-20/h11-14,16-17,20-21,23H,3-10,15H2,1-2H3,(H,27,30)/t16-,17-,21+,23+/m1/s1. The van der Waals surface area contributed by atoms with Crippen LogP contribution in [-0.2, 0) is 9.59 Å². The maximum Gasteiger partial charge on any atom is 0.247 e. The molecule has 1 aromatic carbocycles. The first-order valence-electron chi connectivity index (χ1n) is 11.3. The van der Waals surface area contributed by atoms with Crippen LogP contribution in [0.1, 0.15) is 76.8 Å². The lowest BCUT2D eigenvalue weighted by molar-refractivity contribution is -0.143. The minimum atomic E-state index is -0.788. The largest absolute Gasteiger partial charge is 0.351 e. The summed E-state index contributed by atoms with van der Waals surface area (Å²) in [5, 5.41) is 3.24. The van der Waals surface area contributed by atoms with Crippen molar-refractivity contribution in [2.24, 2.45) is 11.8 Å². The predicted octanol–water partition coefficient (Wildman–Crippen LogP) is 5.21. The summed E-state index contributed by atoms with van der Waals surface area (Å²) >= 11 is 5.98. The Morgan fingerprint density at radius 1 is 1.07 bits per heavy atom. The van der Waals surface area contributed by atoms with E-state index in [1.165, 1.54) is 18.6 Å². The van der Waals surface area contributed by atoms with Crippen LogP contribution >= 0.6 is 11.6 Å². The fourth-order valence-corrected chi connectivity index (χ4v) is 5.26. The van der Waals surface area contributed by atoms with E-state index >= 15 is 0 Å². The molecule has 4 atom stereocenters. The molecule has 4 nitrogen and oxygen atoms in total. The molecule has 2 saturated carbocycles. The number of rotatable bonds is 6. The number of hydrogen-bond donors (Lipinski definition) is 1. The number of carbonyl (C=O) groups excluding carboxylic acids is 2. The lowest BCUT2D eigenvalue weighted by Crippen LogP contribution is -2.53. The topological polar surface area (TPSA) is 49.4 Å². The van der Waals surface area contributed by atoms with Crippen LogP contribution in [0.25, 0.3) is 0 Å². The molecule has 0 spiro atoms. The molecular weight excluding hydrogens is 403 g/mol. The summed E-state index contributed by atoms with van der Waals surface area (Å²) in [6.07, 6.45) is 8.15. The van der Waals surface area contributed by atoms with Gasteiger partial charge in [0.15, 0.2) is 0 Å². The number of carbonyl (C=O) groups is 2. The molecule has 0 saturated heterocycles. The molecule has 0 bridgehead atoms. The Kier molecular flexibility index (Phi) is 8.15. The van der Waals surface area contributed by atoms with Gasteiger partial charge in [-0.1, -0.05) is 58.1 Å². The molecule has 166 valence electrons. The van der Waals surface area contributed by atoms with Crippen molar-refractivity contribution in [1.82, 2.24) is 10.2 Å². The van der Waals surface area contributed by atoms with Gasteiger partial charge < -0.3 is 10.2 Å². The van der Waals surface area contributed by atoms with Crippen LogP contribution in [0.15, 0.2) is 24.3 Å². The molecule has 2 fully saturated rings. The SMILES string of the molecule is C[C@@H]1[C@H](C)CCC[C@@H]1NC(=O)[C@H](c1ccc(F)cc1)N(C(=O)CCl)C1CCCCC1. The lowest BCUT2D eigenvalue weighted by Gasteiger charge is -2.41. The van der Waals surface area contributed by atoms with Gasteiger partial charge in [0.2, 0.25) is 11.8 Å². The Morgan fingerprint density at radius 2 is 1.73 bits per heavy atom. The summed E-state index contributed by atoms with van der Waals surface area (Å²) < 4.78 is 13.6. The summed E-state index contributed by atoms with van der Waals surface area (Å²) in [6.45, 7) is 4.41. The van der Waals surface area contributed by atoms with E-state index in [9.17, 15) is 14.0 Å². The van der Waals surface area contributed by atoms with E-state index in [1.807, 2.05) is 0 Å². The van der Waals surface area contributed by atoms with Crippen LogP contribution in [0, 0.1) is 17.7 Å². The molecule has 2 aliphatic rings. The molecule has 2 amide bonds. The molecule has 1 N–H and O–H groups in total. The van der Waals surface area contributed by atoms with Gasteiger partial charge in [0.25, 0.3) is 0 Å². The van der Waals surface area contributed by atoms with Crippen LogP contribution in [0.5, 0.6) is 0 Å². The molecule has 0 heterocycles. The first-order chi connectivity index (χ1) is 14.4. The van der Waals surface area contributed by atoms with Gasteiger partial charge >= 0.3 is 0 Å². The van der Waals surface area contributed by atoms with Gasteiger partial charge in [-0.15, -0.1) is 11.6 Å². The van der Waals surface area contributed by atoms with Crippen molar-refractivity contribution in [2.45, 2.75) is 83.3 Å². The number of alkyl halides is 1. The van der Waals surface area contributed by atoms with Crippen molar-refractivity contribution in [3.05, 3.63) is 35.6 Å². The minimum Gasteiger partial charge on any atom is -0.351 e. The summed E-state index contributed by atoms with van der Waals surface area (Å²) in [7, 11) is 0. The van der Waals surface area contributed by atoms with Crippen molar-refractivity contribution in [2.75, 3.05) is 5.88 Å². The quantitative estimate of drug-likeness (QED) is 0.622. The Morgan fingerprint density at radius 3 is 2.37 bits per heavy atom. The van der Waals surface area contributed by atoms with Gasteiger partial charge in [0.1, 0.15) is 17.7 Å². The van der Waals surface area contributed by atoms with Crippen LogP contribution in [0.3, 0.4) is 0 Å². The molecule has 0 aromatic heterocycles. The maximum atomic E-state index is 13.6. The van der Waals surface area contributed by atoms with E-state index in [0.717, 1.165) is 44.9 Å². The molecule has 6 heteroatoms. The maximum absolute atomic E-state index is 13.6. The van der Waals surface area contributed by atoms with Crippen LogP contribution in [0.4, 0.5) is 4.39 Å². The number of nitrogens with zero attached hydrogens (tertiary/aromatic N) is 1. The fraction of sp³-hybridized carbons (Fsp3) is 0.667. The van der Waals surface area contributed by atoms with Gasteiger partial charge in [0.05, 0.1) is 0 Å². The zero-order valence-electron chi connectivity index (χ0n) is 18.1. The van der Waals surface area contributed by atoms with E-state index in [4.69, 9.17) is 11.6 Å². The first kappa shape index (κ1) is 23.1. The Bertz CT molecular complexity index is 720. The third kappa shape index (κ3) is 5.35. The van der Waals surface area contributed by atoms with Gasteiger partial charge in [-0.3, -0.25) is 9.59 Å². The molecular formula is C24H34ClFN2O2. The highest BCUT2D eigenvalue weighted by molar-refractivity contribution is 6.27. The molecule has 30 heavy (non-hydrogen) atoms. The third-order valence-electron chi connectivity index (χ3n) is 7.12. The van der Waals surface area contributed by atoms with Crippen molar-refractivity contribution in [3.8, 4) is 0 Å². The van der Waals surface area contributed by atoms with Gasteiger partial charge in [0, 0.05) is 12.1 Å². The Balaban J connectivity index is 1.92. The zero-order chi connectivity index (χ0) is 21.7. The molecule has 0 radical (unpaired) electrons. The highest BCUT2D eigenvalue weighted by Gasteiger charge is 2.38. The predicted molar refractivity (Wildman–Crippen MR) is 118 cm³/mol. The third-order valence-corrected chi connectivity index (χ3v) is 7.35. The van der Waals surface area contributed by atoms with Crippen LogP contribution < -0.4 is 5.32 Å². The Hall–Kier alpha value is -1.62. The molecule has 1 aromatic rings. The van der Waals surface area contributed by atoms with Gasteiger partial charge in [-0.25, -0.2) is 4.39 Å². The zero-order valence-corrected chi connectivity index (χ0v) is 18.8. The second kappa shape index (κ2) is 10.6. The summed E-state index contributed by atoms with van der Waals surface area (Å²) in [4.78, 5) is 28.2. The molecule has 2 aliphatic carbocycles. The number of hydrogen-bond acceptors (Lipinski definition) is 2. The van der Waals surface area contributed by atoms with E-state index in [1.54, 1.807) is 17.0 Å². The van der Waals surface area contributed by atoms with E-state index in [-0.39, 0.29) is 35.6 Å². The second-order valence-corrected chi connectivity index (χ2v) is 9.33. The van der Waals surface area contributed by atoms with Crippen molar-refractivity contribution < 1.29 is 14.0 Å². The van der Waals surface area contributed by atoms with E-state index < -0.39 is 6.04 Å². The van der Waals surface area contributed by atoms with Crippen molar-refractivity contribution in [1.29, 1.82) is 0 Å². The molecule has 0 unspecified atom stereocenters. The highest BCUT2D eigenvalue weighted by Crippen LogP contribution is 2.33. The number of nitrogens with one attached hydrogen (secondary N) is 1. The average Bonchev–Trinajstić information content (AvgIpc) is 2.76. The second-order valence-electron chi connectivity index (χ2n) is 9.06. The van der Waals surface area contributed by atoms with Crippen molar-refractivity contribution >= 4 is 23.4 Å². The molecule has 3 rings (SSSR count). The highest BCUT2D eigenvalue weighted by atomic mass is 35.5. The monoisotopic (exact) mass is 436 g/mol. The Labute approximate surface area is 184 Å². The van der Waals surface area contributed by atoms with Gasteiger partial charge in [-0.2, -0.15) is 0 Å². The smallest absolute Gasteiger partial charge is 0.247 e.